The van der Waals surface area contributed by atoms with Crippen LogP contribution in [0.15, 0.2) is 64.7 Å². The van der Waals surface area contributed by atoms with Gasteiger partial charge < -0.3 is 16.0 Å². The van der Waals surface area contributed by atoms with Crippen LogP contribution < -0.4 is 10.6 Å². The van der Waals surface area contributed by atoms with Crippen molar-refractivity contribution in [2.45, 2.75) is 23.1 Å². The predicted octanol–water partition coefficient (Wildman–Crippen LogP) is 5.33. The zero-order chi connectivity index (χ0) is 19.5. The van der Waals surface area contributed by atoms with Gasteiger partial charge >= 0.3 is 0 Å². The van der Waals surface area contributed by atoms with Gasteiger partial charge in [0.05, 0.1) is 11.3 Å². The number of nitrogens with one attached hydrogen (secondary N) is 3. The Morgan fingerprint density at radius 3 is 2.93 bits per heavy atom. The third kappa shape index (κ3) is 3.72. The molecule has 140 valence electrons. The summed E-state index contributed by atoms with van der Waals surface area (Å²) in [6.45, 7) is 2.05. The number of aromatic nitrogens is 1. The van der Waals surface area contributed by atoms with Crippen LogP contribution in [0.3, 0.4) is 0 Å². The number of carbonyl (C=O) groups excluding carboxylic acids is 1. The summed E-state index contributed by atoms with van der Waals surface area (Å²) >= 11 is 3.20. The smallest absolute Gasteiger partial charge is 0.256 e. The van der Waals surface area contributed by atoms with Gasteiger partial charge in [0.25, 0.3) is 5.91 Å². The number of hydrogen-bond acceptors (Lipinski definition) is 6. The second-order valence-corrected chi connectivity index (χ2v) is 8.45. The summed E-state index contributed by atoms with van der Waals surface area (Å²) in [4.78, 5) is 20.2. The van der Waals surface area contributed by atoms with Gasteiger partial charge in [-0.3, -0.25) is 4.79 Å². The van der Waals surface area contributed by atoms with Crippen molar-refractivity contribution in [1.29, 1.82) is 5.41 Å². The molecule has 0 atom stereocenters. The van der Waals surface area contributed by atoms with E-state index in [0.717, 1.165) is 43.0 Å². The highest BCUT2D eigenvalue weighted by Crippen LogP contribution is 2.41. The number of hydrogen-bond donors (Lipinski definition) is 3. The van der Waals surface area contributed by atoms with Crippen molar-refractivity contribution in [2.75, 3.05) is 10.6 Å². The molecular formula is C21H18N4OS2. The van der Waals surface area contributed by atoms with E-state index >= 15 is 0 Å². The maximum Gasteiger partial charge on any atom is 0.256 e. The number of carbonyl (C=O) groups is 1. The highest BCUT2D eigenvalue weighted by atomic mass is 32.2. The molecule has 0 spiro atoms. The minimum atomic E-state index is -0.0654. The summed E-state index contributed by atoms with van der Waals surface area (Å²) in [5.74, 6) is -0.0654. The standard InChI is InChI=1S/C21H18N4OS2/c1-13-14(11-15-12-24-21(27-15)23-10-4-9-22)7-8-18-19(13)25-20(26)16-5-2-3-6-17(16)28-18/h2-10,12,22H,11H2,1H3,(H,23,24)(H,25,26)/b10-4-,22-9?. The fourth-order valence-corrected chi connectivity index (χ4v) is 4.93. The first-order valence-electron chi connectivity index (χ1n) is 8.73. The van der Waals surface area contributed by atoms with Gasteiger partial charge in [-0.05, 0) is 42.3 Å². The fraction of sp³-hybridized carbons (Fsp3) is 0.0952. The van der Waals surface area contributed by atoms with Gasteiger partial charge in [-0.15, -0.1) is 11.3 Å². The molecule has 0 unspecified atom stereocenters. The Morgan fingerprint density at radius 1 is 1.21 bits per heavy atom. The van der Waals surface area contributed by atoms with E-state index in [0.29, 0.717) is 5.56 Å². The Balaban J connectivity index is 1.60. The first-order chi connectivity index (χ1) is 13.7. The Labute approximate surface area is 171 Å². The summed E-state index contributed by atoms with van der Waals surface area (Å²) < 4.78 is 0. The molecule has 1 aliphatic rings. The van der Waals surface area contributed by atoms with Crippen molar-refractivity contribution in [2.24, 2.45) is 0 Å². The van der Waals surface area contributed by atoms with E-state index in [1.807, 2.05) is 30.5 Å². The monoisotopic (exact) mass is 406 g/mol. The van der Waals surface area contributed by atoms with E-state index in [9.17, 15) is 4.79 Å². The lowest BCUT2D eigenvalue weighted by Gasteiger charge is -2.14. The average molecular weight is 407 g/mol. The summed E-state index contributed by atoms with van der Waals surface area (Å²) in [7, 11) is 0. The van der Waals surface area contributed by atoms with Crippen molar-refractivity contribution in [3.05, 3.63) is 76.4 Å². The van der Waals surface area contributed by atoms with E-state index in [-0.39, 0.29) is 5.91 Å². The lowest BCUT2D eigenvalue weighted by Crippen LogP contribution is -2.13. The number of amides is 1. The second-order valence-electron chi connectivity index (χ2n) is 6.25. The molecule has 0 radical (unpaired) electrons. The molecule has 2 aromatic carbocycles. The molecule has 1 aliphatic heterocycles. The fourth-order valence-electron chi connectivity index (χ4n) is 3.02. The van der Waals surface area contributed by atoms with Crippen LogP contribution in [0.4, 0.5) is 10.8 Å². The quantitative estimate of drug-likeness (QED) is 0.500. The van der Waals surface area contributed by atoms with Crippen molar-refractivity contribution in [3.8, 4) is 0 Å². The lowest BCUT2D eigenvalue weighted by molar-refractivity contribution is 0.102. The van der Waals surface area contributed by atoms with Crippen LogP contribution >= 0.6 is 23.1 Å². The Morgan fingerprint density at radius 2 is 2.07 bits per heavy atom. The van der Waals surface area contributed by atoms with Crippen molar-refractivity contribution < 1.29 is 4.79 Å². The van der Waals surface area contributed by atoms with Crippen LogP contribution in [0.25, 0.3) is 0 Å². The van der Waals surface area contributed by atoms with Crippen LogP contribution in [0.5, 0.6) is 0 Å². The molecule has 3 N–H and O–H groups in total. The molecule has 0 fully saturated rings. The van der Waals surface area contributed by atoms with Gasteiger partial charge in [-0.1, -0.05) is 30.0 Å². The molecule has 28 heavy (non-hydrogen) atoms. The summed E-state index contributed by atoms with van der Waals surface area (Å²) in [5, 5.41) is 13.9. The predicted molar refractivity (Wildman–Crippen MR) is 116 cm³/mol. The van der Waals surface area contributed by atoms with Gasteiger partial charge in [0.15, 0.2) is 5.13 Å². The first-order valence-corrected chi connectivity index (χ1v) is 10.4. The van der Waals surface area contributed by atoms with Gasteiger partial charge in [-0.25, -0.2) is 4.98 Å². The normalized spacial score (nSPS) is 12.8. The molecule has 2 heterocycles. The zero-order valence-corrected chi connectivity index (χ0v) is 16.8. The Kier molecular flexibility index (Phi) is 5.27. The number of benzene rings is 2. The first kappa shape index (κ1) is 18.5. The number of thiazole rings is 1. The number of nitrogens with zero attached hydrogens (tertiary/aromatic N) is 1. The van der Waals surface area contributed by atoms with Crippen molar-refractivity contribution in [1.82, 2.24) is 4.98 Å². The maximum atomic E-state index is 12.7. The molecule has 0 saturated carbocycles. The third-order valence-electron chi connectivity index (χ3n) is 4.45. The lowest BCUT2D eigenvalue weighted by atomic mass is 10.0. The van der Waals surface area contributed by atoms with Gasteiger partial charge in [0.1, 0.15) is 0 Å². The molecule has 0 aliphatic carbocycles. The van der Waals surface area contributed by atoms with E-state index in [1.165, 1.54) is 6.21 Å². The molecule has 1 aromatic heterocycles. The summed E-state index contributed by atoms with van der Waals surface area (Å²) in [6.07, 6.45) is 7.12. The van der Waals surface area contributed by atoms with Crippen LogP contribution in [-0.2, 0) is 6.42 Å². The highest BCUT2D eigenvalue weighted by molar-refractivity contribution is 7.99. The Hall–Kier alpha value is -2.90. The molecule has 1 amide bonds. The molecule has 0 saturated heterocycles. The third-order valence-corrected chi connectivity index (χ3v) is 6.51. The maximum absolute atomic E-state index is 12.7. The number of fused-ring (bicyclic) bond motifs is 2. The van der Waals surface area contributed by atoms with E-state index < -0.39 is 0 Å². The van der Waals surface area contributed by atoms with E-state index in [4.69, 9.17) is 5.41 Å². The van der Waals surface area contributed by atoms with Crippen LogP contribution in [-0.4, -0.2) is 17.1 Å². The molecule has 4 rings (SSSR count). The van der Waals surface area contributed by atoms with E-state index in [2.05, 4.69) is 34.7 Å². The minimum absolute atomic E-state index is 0.0654. The molecule has 7 heteroatoms. The van der Waals surface area contributed by atoms with Gasteiger partial charge in [-0.2, -0.15) is 0 Å². The van der Waals surface area contributed by atoms with Gasteiger partial charge in [0, 0.05) is 39.7 Å². The molecule has 5 nitrogen and oxygen atoms in total. The van der Waals surface area contributed by atoms with Gasteiger partial charge in [0.2, 0.25) is 0 Å². The average Bonchev–Trinajstić information content (AvgIpc) is 3.08. The van der Waals surface area contributed by atoms with Crippen LogP contribution in [0.2, 0.25) is 0 Å². The van der Waals surface area contributed by atoms with Crippen molar-refractivity contribution >= 4 is 46.0 Å². The topological polar surface area (TPSA) is 77.9 Å². The number of anilines is 2. The van der Waals surface area contributed by atoms with E-state index in [1.54, 1.807) is 35.4 Å². The highest BCUT2D eigenvalue weighted by Gasteiger charge is 2.22. The number of rotatable bonds is 5. The largest absolute Gasteiger partial charge is 0.338 e. The van der Waals surface area contributed by atoms with Crippen LogP contribution in [0, 0.1) is 12.3 Å². The summed E-state index contributed by atoms with van der Waals surface area (Å²) in [6, 6.07) is 11.9. The van der Waals surface area contributed by atoms with Crippen molar-refractivity contribution in [3.63, 3.8) is 0 Å². The SMILES string of the molecule is Cc1c(Cc2cnc(N/C=C\C=N)s2)ccc2c1NC(=O)c1ccccc1S2. The van der Waals surface area contributed by atoms with Crippen LogP contribution in [0.1, 0.15) is 26.4 Å². The zero-order valence-electron chi connectivity index (χ0n) is 15.2. The minimum Gasteiger partial charge on any atom is -0.338 e. The molecular weight excluding hydrogens is 388 g/mol. The summed E-state index contributed by atoms with van der Waals surface area (Å²) in [5.41, 5.74) is 3.84. The molecule has 0 bridgehead atoms. The second kappa shape index (κ2) is 8.00. The molecule has 3 aromatic rings. The Bertz CT molecular complexity index is 1090. The number of allylic oxidation sites excluding steroid dienone is 1.